The Balaban J connectivity index is 1.98. The Kier molecular flexibility index (Phi) is 4.17. The van der Waals surface area contributed by atoms with Gasteiger partial charge in [0, 0.05) is 26.2 Å². The molecule has 110 valence electrons. The summed E-state index contributed by atoms with van der Waals surface area (Å²) in [5, 5.41) is 8.93. The molecule has 1 heterocycles. The van der Waals surface area contributed by atoms with Crippen molar-refractivity contribution >= 4 is 16.2 Å². The molecule has 0 amide bonds. The molecule has 6 nitrogen and oxygen atoms in total. The summed E-state index contributed by atoms with van der Waals surface area (Å²) in [5.74, 6) is -0.745. The normalized spacial score (nSPS) is 24.6. The van der Waals surface area contributed by atoms with Gasteiger partial charge in [0.15, 0.2) is 0 Å². The van der Waals surface area contributed by atoms with Crippen LogP contribution in [0.3, 0.4) is 0 Å². The number of aliphatic carboxylic acids is 1. The zero-order chi connectivity index (χ0) is 14.2. The second kappa shape index (κ2) is 5.38. The highest BCUT2D eigenvalue weighted by molar-refractivity contribution is 7.86. The third kappa shape index (κ3) is 3.09. The first-order valence-corrected chi connectivity index (χ1v) is 8.19. The van der Waals surface area contributed by atoms with Crippen molar-refractivity contribution in [2.75, 3.05) is 20.1 Å². The first kappa shape index (κ1) is 14.7. The number of carbonyl (C=O) groups is 1. The van der Waals surface area contributed by atoms with Gasteiger partial charge in [0.1, 0.15) is 0 Å². The van der Waals surface area contributed by atoms with Gasteiger partial charge >= 0.3 is 5.97 Å². The molecule has 19 heavy (non-hydrogen) atoms. The molecule has 0 bridgehead atoms. The summed E-state index contributed by atoms with van der Waals surface area (Å²) in [6.07, 6.45) is 3.00. The molecule has 2 aliphatic rings. The van der Waals surface area contributed by atoms with Gasteiger partial charge in [0.25, 0.3) is 10.2 Å². The van der Waals surface area contributed by atoms with E-state index in [9.17, 15) is 13.2 Å². The number of nitrogens with zero attached hydrogens (tertiary/aromatic N) is 2. The summed E-state index contributed by atoms with van der Waals surface area (Å²) in [6, 6.07) is 0.0298. The molecule has 1 N–H and O–H groups in total. The average Bonchev–Trinajstić information content (AvgIpc) is 3.21. The quantitative estimate of drug-likeness (QED) is 0.811. The molecule has 0 radical (unpaired) electrons. The van der Waals surface area contributed by atoms with E-state index in [-0.39, 0.29) is 6.04 Å². The third-order valence-electron chi connectivity index (χ3n) is 4.37. The summed E-state index contributed by atoms with van der Waals surface area (Å²) < 4.78 is 27.8. The first-order valence-electron chi connectivity index (χ1n) is 6.80. The molecule has 2 fully saturated rings. The van der Waals surface area contributed by atoms with E-state index in [2.05, 4.69) is 0 Å². The number of carboxylic acid groups (broad SMARTS) is 1. The van der Waals surface area contributed by atoms with Crippen LogP contribution in [0, 0.1) is 11.8 Å². The van der Waals surface area contributed by atoms with Crippen LogP contribution in [0.15, 0.2) is 0 Å². The maximum absolute atomic E-state index is 12.4. The Hall–Kier alpha value is -0.660. The number of carboxylic acids is 1. The van der Waals surface area contributed by atoms with E-state index < -0.39 is 22.1 Å². The highest BCUT2D eigenvalue weighted by Gasteiger charge is 2.39. The Bertz CT molecular complexity index is 439. The van der Waals surface area contributed by atoms with Crippen LogP contribution >= 0.6 is 0 Å². The molecule has 0 spiro atoms. The third-order valence-corrected chi connectivity index (χ3v) is 6.45. The highest BCUT2D eigenvalue weighted by atomic mass is 32.2. The molecule has 1 aliphatic heterocycles. The van der Waals surface area contributed by atoms with Gasteiger partial charge in [-0.2, -0.15) is 17.0 Å². The molecule has 1 atom stereocenters. The lowest BCUT2D eigenvalue weighted by Gasteiger charge is -2.34. The van der Waals surface area contributed by atoms with Crippen LogP contribution in [0.25, 0.3) is 0 Å². The van der Waals surface area contributed by atoms with E-state index in [4.69, 9.17) is 5.11 Å². The number of hydrogen-bond acceptors (Lipinski definition) is 3. The fraction of sp³-hybridized carbons (Fsp3) is 0.917. The number of hydrogen-bond donors (Lipinski definition) is 1. The summed E-state index contributed by atoms with van der Waals surface area (Å²) in [7, 11) is -1.82. The van der Waals surface area contributed by atoms with Crippen LogP contribution in [0.5, 0.6) is 0 Å². The SMILES string of the molecule is CC(C1CC1)N(C)S(=O)(=O)N1CCC(C(=O)O)CC1. The second-order valence-electron chi connectivity index (χ2n) is 5.61. The molecule has 0 aromatic rings. The Labute approximate surface area is 114 Å². The Morgan fingerprint density at radius 1 is 1.26 bits per heavy atom. The fourth-order valence-corrected chi connectivity index (χ4v) is 4.23. The van der Waals surface area contributed by atoms with Crippen LogP contribution in [-0.2, 0) is 15.0 Å². The van der Waals surface area contributed by atoms with Crippen molar-refractivity contribution in [3.8, 4) is 0 Å². The minimum atomic E-state index is -3.44. The Morgan fingerprint density at radius 3 is 2.21 bits per heavy atom. The van der Waals surface area contributed by atoms with Crippen LogP contribution in [0.4, 0.5) is 0 Å². The van der Waals surface area contributed by atoms with E-state index >= 15 is 0 Å². The van der Waals surface area contributed by atoms with Crippen LogP contribution < -0.4 is 0 Å². The maximum Gasteiger partial charge on any atom is 0.306 e. The van der Waals surface area contributed by atoms with Gasteiger partial charge in [-0.15, -0.1) is 0 Å². The lowest BCUT2D eigenvalue weighted by molar-refractivity contribution is -0.142. The summed E-state index contributed by atoms with van der Waals surface area (Å²) in [6.45, 7) is 2.56. The number of piperidine rings is 1. The van der Waals surface area contributed by atoms with Crippen LogP contribution in [-0.4, -0.2) is 54.3 Å². The van der Waals surface area contributed by atoms with Crippen molar-refractivity contribution in [3.63, 3.8) is 0 Å². The molecule has 1 aliphatic carbocycles. The first-order chi connectivity index (χ1) is 8.84. The molecule has 7 heteroatoms. The molecule has 0 aromatic heterocycles. The molecule has 0 aromatic carbocycles. The largest absolute Gasteiger partial charge is 0.481 e. The van der Waals surface area contributed by atoms with E-state index in [1.165, 1.54) is 8.61 Å². The standard InChI is InChI=1S/C12H22N2O4S/c1-9(10-3-4-10)13(2)19(17,18)14-7-5-11(6-8-14)12(15)16/h9-11H,3-8H2,1-2H3,(H,15,16). The van der Waals surface area contributed by atoms with Crippen molar-refractivity contribution in [1.29, 1.82) is 0 Å². The van der Waals surface area contributed by atoms with Crippen molar-refractivity contribution in [2.45, 2.75) is 38.6 Å². The predicted octanol–water partition coefficient (Wildman–Crippen LogP) is 0.758. The van der Waals surface area contributed by atoms with Crippen molar-refractivity contribution in [2.24, 2.45) is 11.8 Å². The molecule has 1 unspecified atom stereocenters. The predicted molar refractivity (Wildman–Crippen MR) is 70.8 cm³/mol. The molecule has 1 saturated carbocycles. The van der Waals surface area contributed by atoms with Gasteiger partial charge in [-0.1, -0.05) is 0 Å². The zero-order valence-corrected chi connectivity index (χ0v) is 12.3. The fourth-order valence-electron chi connectivity index (χ4n) is 2.60. The monoisotopic (exact) mass is 290 g/mol. The van der Waals surface area contributed by atoms with Gasteiger partial charge in [0.05, 0.1) is 5.92 Å². The van der Waals surface area contributed by atoms with Crippen LogP contribution in [0.1, 0.15) is 32.6 Å². The molecular weight excluding hydrogens is 268 g/mol. The van der Waals surface area contributed by atoms with E-state index in [1.807, 2.05) is 6.92 Å². The highest BCUT2D eigenvalue weighted by Crippen LogP contribution is 2.36. The van der Waals surface area contributed by atoms with Gasteiger partial charge < -0.3 is 5.11 Å². The minimum Gasteiger partial charge on any atom is -0.481 e. The minimum absolute atomic E-state index is 0.0298. The van der Waals surface area contributed by atoms with Gasteiger partial charge in [-0.05, 0) is 38.5 Å². The summed E-state index contributed by atoms with van der Waals surface area (Å²) in [5.41, 5.74) is 0. The maximum atomic E-state index is 12.4. The smallest absolute Gasteiger partial charge is 0.306 e. The average molecular weight is 290 g/mol. The zero-order valence-electron chi connectivity index (χ0n) is 11.4. The lowest BCUT2D eigenvalue weighted by atomic mass is 9.99. The molecule has 2 rings (SSSR count). The molecular formula is C12H22N2O4S. The van der Waals surface area contributed by atoms with E-state index in [1.54, 1.807) is 7.05 Å². The van der Waals surface area contributed by atoms with Crippen LogP contribution in [0.2, 0.25) is 0 Å². The summed E-state index contributed by atoms with van der Waals surface area (Å²) >= 11 is 0. The summed E-state index contributed by atoms with van der Waals surface area (Å²) in [4.78, 5) is 10.9. The van der Waals surface area contributed by atoms with E-state index in [0.29, 0.717) is 31.8 Å². The van der Waals surface area contributed by atoms with Crippen molar-refractivity contribution < 1.29 is 18.3 Å². The Morgan fingerprint density at radius 2 is 1.79 bits per heavy atom. The lowest BCUT2D eigenvalue weighted by Crippen LogP contribution is -2.49. The van der Waals surface area contributed by atoms with Gasteiger partial charge in [-0.3, -0.25) is 4.79 Å². The number of rotatable bonds is 5. The molecule has 1 saturated heterocycles. The van der Waals surface area contributed by atoms with Gasteiger partial charge in [0.2, 0.25) is 0 Å². The van der Waals surface area contributed by atoms with E-state index in [0.717, 1.165) is 12.8 Å². The second-order valence-corrected chi connectivity index (χ2v) is 7.60. The van der Waals surface area contributed by atoms with Gasteiger partial charge in [-0.25, -0.2) is 0 Å². The van der Waals surface area contributed by atoms with Crippen molar-refractivity contribution in [1.82, 2.24) is 8.61 Å². The van der Waals surface area contributed by atoms with Crippen molar-refractivity contribution in [3.05, 3.63) is 0 Å². The topological polar surface area (TPSA) is 77.9 Å².